The fraction of sp³-hybridized carbons (Fsp3) is 0.500. The molecular weight excluding hydrogens is 386 g/mol. The molecule has 1 N–H and O–H groups in total. The number of ether oxygens (including phenoxy) is 1. The van der Waals surface area contributed by atoms with Crippen molar-refractivity contribution < 1.29 is 23.9 Å². The summed E-state index contributed by atoms with van der Waals surface area (Å²) in [4.78, 5) is 51.4. The van der Waals surface area contributed by atoms with Crippen LogP contribution in [-0.4, -0.2) is 46.8 Å². The summed E-state index contributed by atoms with van der Waals surface area (Å²) in [7, 11) is 0. The van der Waals surface area contributed by atoms with Crippen molar-refractivity contribution >= 4 is 23.7 Å². The molecular formula is C22H27N3O5. The summed E-state index contributed by atoms with van der Waals surface area (Å²) < 4.78 is 5.14. The van der Waals surface area contributed by atoms with E-state index in [1.807, 2.05) is 19.9 Å². The van der Waals surface area contributed by atoms with Gasteiger partial charge in [0.15, 0.2) is 6.61 Å². The Morgan fingerprint density at radius 3 is 2.10 bits per heavy atom. The normalized spacial score (nSPS) is 16.1. The third-order valence-corrected chi connectivity index (χ3v) is 5.24. The lowest BCUT2D eigenvalue weighted by Crippen LogP contribution is -2.51. The molecule has 2 rings (SSSR count). The summed E-state index contributed by atoms with van der Waals surface area (Å²) in [6, 6.07) is 7.27. The number of hydrogen-bond donors (Lipinski definition) is 1. The van der Waals surface area contributed by atoms with E-state index in [1.165, 1.54) is 12.1 Å². The summed E-state index contributed by atoms with van der Waals surface area (Å²) in [5.41, 5.74) is -0.629. The molecule has 0 radical (unpaired) electrons. The van der Waals surface area contributed by atoms with Gasteiger partial charge in [-0.2, -0.15) is 5.26 Å². The van der Waals surface area contributed by atoms with E-state index in [1.54, 1.807) is 32.9 Å². The quantitative estimate of drug-likeness (QED) is 0.516. The molecule has 160 valence electrons. The molecule has 8 heteroatoms. The number of nitrogens with one attached hydrogen (secondary N) is 1. The third-order valence-electron chi connectivity index (χ3n) is 5.24. The van der Waals surface area contributed by atoms with Gasteiger partial charge in [-0.05, 0) is 37.3 Å². The zero-order chi connectivity index (χ0) is 22.6. The van der Waals surface area contributed by atoms with Crippen LogP contribution in [0.2, 0.25) is 0 Å². The summed E-state index contributed by atoms with van der Waals surface area (Å²) in [5, 5.41) is 11.9. The summed E-state index contributed by atoms with van der Waals surface area (Å²) in [5.74, 6) is -2.75. The van der Waals surface area contributed by atoms with Gasteiger partial charge < -0.3 is 10.1 Å². The van der Waals surface area contributed by atoms with Gasteiger partial charge in [-0.3, -0.25) is 19.3 Å². The molecule has 0 unspecified atom stereocenters. The Balaban J connectivity index is 2.14. The van der Waals surface area contributed by atoms with Crippen molar-refractivity contribution in [2.45, 2.75) is 52.6 Å². The molecule has 0 saturated carbocycles. The summed E-state index contributed by atoms with van der Waals surface area (Å²) in [6.07, 6.45) is 0.202. The lowest BCUT2D eigenvalue weighted by Gasteiger charge is -2.28. The number of fused-ring (bicyclic) bond motifs is 1. The second-order valence-electron chi connectivity index (χ2n) is 8.30. The number of hydrogen-bond acceptors (Lipinski definition) is 6. The van der Waals surface area contributed by atoms with Gasteiger partial charge in [0.1, 0.15) is 11.6 Å². The highest BCUT2D eigenvalue weighted by Crippen LogP contribution is 2.27. The van der Waals surface area contributed by atoms with Crippen molar-refractivity contribution in [3.05, 3.63) is 35.4 Å². The highest BCUT2D eigenvalue weighted by atomic mass is 16.5. The topological polar surface area (TPSA) is 117 Å². The smallest absolute Gasteiger partial charge is 0.329 e. The van der Waals surface area contributed by atoms with Gasteiger partial charge in [-0.15, -0.1) is 0 Å². The first kappa shape index (κ1) is 23.1. The predicted molar refractivity (Wildman–Crippen MR) is 108 cm³/mol. The van der Waals surface area contributed by atoms with Crippen LogP contribution in [0.15, 0.2) is 24.3 Å². The number of amides is 3. The SMILES string of the molecule is CC(C)C[C@H](C(=O)OCC(=O)N[C@](C)(C#N)C(C)C)N1C(=O)c2ccccc2C1=O. The second kappa shape index (κ2) is 9.08. The average molecular weight is 413 g/mol. The van der Waals surface area contributed by atoms with E-state index in [9.17, 15) is 24.4 Å². The Hall–Kier alpha value is -3.21. The van der Waals surface area contributed by atoms with Gasteiger partial charge in [0, 0.05) is 0 Å². The minimum absolute atomic E-state index is 0.0106. The van der Waals surface area contributed by atoms with E-state index < -0.39 is 41.9 Å². The number of carbonyl (C=O) groups is 4. The number of rotatable bonds is 8. The maximum Gasteiger partial charge on any atom is 0.329 e. The first-order valence-electron chi connectivity index (χ1n) is 9.87. The standard InChI is InChI=1S/C22H27N3O5/c1-13(2)10-17(25-19(27)15-8-6-7-9-16(15)20(25)28)21(29)30-11-18(26)24-22(5,12-23)14(3)4/h6-9,13-14,17H,10-11H2,1-5H3,(H,24,26)/t17-,22-/m1/s1. The Labute approximate surface area is 176 Å². The maximum atomic E-state index is 12.8. The number of nitriles is 1. The van der Waals surface area contributed by atoms with Crippen LogP contribution in [0.4, 0.5) is 0 Å². The molecule has 8 nitrogen and oxygen atoms in total. The number of carbonyl (C=O) groups excluding carboxylic acids is 4. The van der Waals surface area contributed by atoms with E-state index in [0.717, 1.165) is 4.90 Å². The minimum Gasteiger partial charge on any atom is -0.454 e. The molecule has 1 aliphatic heterocycles. The predicted octanol–water partition coefficient (Wildman–Crippen LogP) is 2.29. The van der Waals surface area contributed by atoms with Gasteiger partial charge in [-0.25, -0.2) is 4.79 Å². The zero-order valence-electron chi connectivity index (χ0n) is 17.9. The lowest BCUT2D eigenvalue weighted by atomic mass is 9.90. The molecule has 0 aromatic heterocycles. The van der Waals surface area contributed by atoms with E-state index in [4.69, 9.17) is 4.74 Å². The Bertz CT molecular complexity index is 867. The molecule has 30 heavy (non-hydrogen) atoms. The highest BCUT2D eigenvalue weighted by molar-refractivity contribution is 6.22. The van der Waals surface area contributed by atoms with E-state index in [2.05, 4.69) is 5.32 Å². The van der Waals surface area contributed by atoms with E-state index in [0.29, 0.717) is 0 Å². The Kier molecular flexibility index (Phi) is 6.98. The van der Waals surface area contributed by atoms with Crippen LogP contribution in [-0.2, 0) is 14.3 Å². The lowest BCUT2D eigenvalue weighted by molar-refractivity contribution is -0.153. The first-order valence-corrected chi connectivity index (χ1v) is 9.87. The molecule has 0 aliphatic carbocycles. The molecule has 0 spiro atoms. The van der Waals surface area contributed by atoms with Crippen LogP contribution in [0.1, 0.15) is 61.8 Å². The van der Waals surface area contributed by atoms with Crippen molar-refractivity contribution in [2.75, 3.05) is 6.61 Å². The Morgan fingerprint density at radius 2 is 1.67 bits per heavy atom. The van der Waals surface area contributed by atoms with Crippen LogP contribution in [0.3, 0.4) is 0 Å². The highest BCUT2D eigenvalue weighted by Gasteiger charge is 2.43. The van der Waals surface area contributed by atoms with Crippen molar-refractivity contribution in [1.82, 2.24) is 10.2 Å². The molecule has 1 aromatic rings. The van der Waals surface area contributed by atoms with Crippen LogP contribution in [0.25, 0.3) is 0 Å². The van der Waals surface area contributed by atoms with Gasteiger partial charge in [0.05, 0.1) is 17.2 Å². The molecule has 0 fully saturated rings. The van der Waals surface area contributed by atoms with Crippen LogP contribution < -0.4 is 5.32 Å². The van der Waals surface area contributed by atoms with Gasteiger partial charge in [-0.1, -0.05) is 39.8 Å². The van der Waals surface area contributed by atoms with Crippen molar-refractivity contribution in [3.8, 4) is 6.07 Å². The first-order chi connectivity index (χ1) is 14.0. The number of nitrogens with zero attached hydrogens (tertiary/aromatic N) is 2. The number of esters is 1. The monoisotopic (exact) mass is 413 g/mol. The number of imide groups is 1. The van der Waals surface area contributed by atoms with Crippen LogP contribution in [0.5, 0.6) is 0 Å². The fourth-order valence-corrected chi connectivity index (χ4v) is 3.10. The molecule has 1 aromatic carbocycles. The van der Waals surface area contributed by atoms with Crippen LogP contribution in [0, 0.1) is 23.2 Å². The van der Waals surface area contributed by atoms with E-state index in [-0.39, 0.29) is 29.4 Å². The molecule has 1 aliphatic rings. The average Bonchev–Trinajstić information content (AvgIpc) is 2.94. The van der Waals surface area contributed by atoms with Crippen LogP contribution >= 0.6 is 0 Å². The molecule has 0 saturated heterocycles. The van der Waals surface area contributed by atoms with Gasteiger partial charge in [0.2, 0.25) is 0 Å². The Morgan fingerprint density at radius 1 is 1.13 bits per heavy atom. The summed E-state index contributed by atoms with van der Waals surface area (Å²) in [6.45, 7) is 8.25. The fourth-order valence-electron chi connectivity index (χ4n) is 3.10. The third kappa shape index (κ3) is 4.67. The molecule has 3 amide bonds. The molecule has 0 bridgehead atoms. The van der Waals surface area contributed by atoms with Gasteiger partial charge in [0.25, 0.3) is 17.7 Å². The largest absolute Gasteiger partial charge is 0.454 e. The maximum absolute atomic E-state index is 12.8. The number of benzene rings is 1. The van der Waals surface area contributed by atoms with E-state index >= 15 is 0 Å². The molecule has 2 atom stereocenters. The van der Waals surface area contributed by atoms with Gasteiger partial charge >= 0.3 is 5.97 Å². The van der Waals surface area contributed by atoms with Crippen molar-refractivity contribution in [1.29, 1.82) is 5.26 Å². The second-order valence-corrected chi connectivity index (χ2v) is 8.30. The van der Waals surface area contributed by atoms with Crippen molar-refractivity contribution in [3.63, 3.8) is 0 Å². The minimum atomic E-state index is -1.14. The zero-order valence-corrected chi connectivity index (χ0v) is 17.9. The van der Waals surface area contributed by atoms with Crippen molar-refractivity contribution in [2.24, 2.45) is 11.8 Å². The molecule has 1 heterocycles. The summed E-state index contributed by atoms with van der Waals surface area (Å²) >= 11 is 0.